The van der Waals surface area contributed by atoms with E-state index in [1.165, 1.54) is 94.4 Å². The highest BCUT2D eigenvalue weighted by atomic mass is 32.1. The van der Waals surface area contributed by atoms with Gasteiger partial charge in [-0.15, -0.1) is 11.3 Å². The molecule has 12 rings (SSSR count). The molecule has 0 spiro atoms. The van der Waals surface area contributed by atoms with Crippen molar-refractivity contribution in [3.63, 3.8) is 0 Å². The maximum atomic E-state index is 6.63. The molecule has 0 bridgehead atoms. The van der Waals surface area contributed by atoms with E-state index in [0.717, 1.165) is 33.3 Å². The van der Waals surface area contributed by atoms with Gasteiger partial charge in [-0.2, -0.15) is 0 Å². The van der Waals surface area contributed by atoms with Crippen LogP contribution in [0.5, 0.6) is 0 Å². The molecule has 1 N–H and O–H groups in total. The third-order valence-corrected chi connectivity index (χ3v) is 15.1. The van der Waals surface area contributed by atoms with Crippen LogP contribution in [-0.2, 0) is 16.2 Å². The molecular formula is C53H44BN2OS. The fraction of sp³-hybridized carbons (Fsp3) is 0.208. The van der Waals surface area contributed by atoms with Crippen LogP contribution in [0.25, 0.3) is 53.2 Å². The Morgan fingerprint density at radius 1 is 0.621 bits per heavy atom. The van der Waals surface area contributed by atoms with Crippen molar-refractivity contribution < 1.29 is 4.42 Å². The number of para-hydroxylation sites is 3. The molecule has 2 aliphatic heterocycles. The molecule has 0 amide bonds. The predicted molar refractivity (Wildman–Crippen MR) is 249 cm³/mol. The van der Waals surface area contributed by atoms with Crippen molar-refractivity contribution >= 4 is 100 Å². The number of fused-ring (bicyclic) bond motifs is 11. The van der Waals surface area contributed by atoms with E-state index < -0.39 is 0 Å². The third kappa shape index (κ3) is 4.62. The van der Waals surface area contributed by atoms with Gasteiger partial charge in [-0.05, 0) is 105 Å². The van der Waals surface area contributed by atoms with Gasteiger partial charge in [-0.3, -0.25) is 0 Å². The zero-order valence-electron chi connectivity index (χ0n) is 33.9. The Morgan fingerprint density at radius 3 is 2.22 bits per heavy atom. The van der Waals surface area contributed by atoms with Crippen LogP contribution in [0.15, 0.2) is 132 Å². The number of benzene rings is 7. The summed E-state index contributed by atoms with van der Waals surface area (Å²) in [5.41, 5.74) is 18.3. The largest absolute Gasteiger partial charge is 0.456 e. The molecule has 1 aliphatic carbocycles. The average molecular weight is 768 g/mol. The first-order valence-corrected chi connectivity index (χ1v) is 21.5. The molecule has 9 aromatic rings. The summed E-state index contributed by atoms with van der Waals surface area (Å²) >= 11 is 1.90. The summed E-state index contributed by atoms with van der Waals surface area (Å²) in [4.78, 5) is 2.57. The summed E-state index contributed by atoms with van der Waals surface area (Å²) in [6, 6.07) is 47.5. The maximum absolute atomic E-state index is 6.63. The van der Waals surface area contributed by atoms with E-state index in [9.17, 15) is 0 Å². The van der Waals surface area contributed by atoms with Gasteiger partial charge < -0.3 is 14.6 Å². The molecule has 0 saturated heterocycles. The van der Waals surface area contributed by atoms with Gasteiger partial charge in [0.05, 0.1) is 16.8 Å². The lowest BCUT2D eigenvalue weighted by Gasteiger charge is -2.46. The Balaban J connectivity index is 1.19. The lowest BCUT2D eigenvalue weighted by molar-refractivity contribution is 0.332. The molecule has 0 fully saturated rings. The van der Waals surface area contributed by atoms with Crippen LogP contribution < -0.4 is 21.1 Å². The molecular weight excluding hydrogens is 723 g/mol. The molecule has 281 valence electrons. The normalized spacial score (nSPS) is 16.8. The lowest BCUT2D eigenvalue weighted by Crippen LogP contribution is -2.45. The molecule has 4 heterocycles. The minimum atomic E-state index is -0.144. The van der Waals surface area contributed by atoms with Crippen LogP contribution >= 0.6 is 11.3 Å². The molecule has 5 heteroatoms. The SMILES string of the molecule is CC1(C)CCC(C)(C)c2cc(Nc3c(-c4c5c(cc6c4sc4ccccc46)N4c6ccccc6C(C)(C)c6cccc(c64)[B]5)ccc4oc5ccccc5c34)ccc21. The summed E-state index contributed by atoms with van der Waals surface area (Å²) in [5, 5.41) is 8.92. The molecule has 58 heavy (non-hydrogen) atoms. The molecule has 3 aliphatic rings. The van der Waals surface area contributed by atoms with Gasteiger partial charge in [0.1, 0.15) is 11.2 Å². The van der Waals surface area contributed by atoms with E-state index in [4.69, 9.17) is 4.42 Å². The maximum Gasteiger partial charge on any atom is 0.197 e. The number of furan rings is 1. The first kappa shape index (κ1) is 34.3. The van der Waals surface area contributed by atoms with Crippen LogP contribution in [0.3, 0.4) is 0 Å². The van der Waals surface area contributed by atoms with Gasteiger partial charge in [0.2, 0.25) is 0 Å². The lowest BCUT2D eigenvalue weighted by atomic mass is 9.56. The van der Waals surface area contributed by atoms with Crippen molar-refractivity contribution in [2.75, 3.05) is 10.2 Å². The van der Waals surface area contributed by atoms with Crippen molar-refractivity contribution in [3.05, 3.63) is 150 Å². The Hall–Kier alpha value is -5.78. The Morgan fingerprint density at radius 2 is 1.36 bits per heavy atom. The number of nitrogens with one attached hydrogen (secondary N) is 1. The number of hydrogen-bond donors (Lipinski definition) is 1. The molecule has 0 saturated carbocycles. The second-order valence-corrected chi connectivity index (χ2v) is 19.7. The zero-order valence-corrected chi connectivity index (χ0v) is 34.7. The van der Waals surface area contributed by atoms with Gasteiger partial charge in [-0.25, -0.2) is 0 Å². The van der Waals surface area contributed by atoms with Crippen LogP contribution in [-0.4, -0.2) is 7.28 Å². The summed E-state index contributed by atoms with van der Waals surface area (Å²) in [6.45, 7) is 14.4. The minimum absolute atomic E-state index is 0.0853. The highest BCUT2D eigenvalue weighted by Gasteiger charge is 2.42. The average Bonchev–Trinajstić information content (AvgIpc) is 3.79. The minimum Gasteiger partial charge on any atom is -0.456 e. The molecule has 7 aromatic carbocycles. The highest BCUT2D eigenvalue weighted by molar-refractivity contribution is 7.26. The van der Waals surface area contributed by atoms with Crippen molar-refractivity contribution in [3.8, 4) is 11.1 Å². The highest BCUT2D eigenvalue weighted by Crippen LogP contribution is 2.55. The molecule has 0 atom stereocenters. The van der Waals surface area contributed by atoms with Crippen molar-refractivity contribution in [1.29, 1.82) is 0 Å². The topological polar surface area (TPSA) is 28.4 Å². The molecule has 0 unspecified atom stereocenters. The first-order valence-electron chi connectivity index (χ1n) is 20.7. The first-order chi connectivity index (χ1) is 28.0. The van der Waals surface area contributed by atoms with E-state index in [1.807, 2.05) is 11.3 Å². The molecule has 2 aromatic heterocycles. The van der Waals surface area contributed by atoms with Crippen molar-refractivity contribution in [2.24, 2.45) is 0 Å². The zero-order chi connectivity index (χ0) is 39.3. The quantitative estimate of drug-likeness (QED) is 0.182. The predicted octanol–water partition coefficient (Wildman–Crippen LogP) is 13.8. The van der Waals surface area contributed by atoms with Gasteiger partial charge in [0, 0.05) is 53.6 Å². The number of thiophene rings is 1. The standard InChI is InChI=1S/C53H44BN2OS/c1-51(2)26-27-52(3,4)38-28-30(22-24-35(38)51)55-48-33(23-25-43-45(48)32-15-7-11-20-42(32)57-43)46-47-41(29-34-31-14-8-12-21-44(31)58-50(34)46)56-40-19-10-9-16-36(40)53(5,6)37-17-13-18-39(54-47)49(37)56/h7-25,28-29,55H,26-27H2,1-6H3. The Labute approximate surface area is 344 Å². The molecule has 1 radical (unpaired) electrons. The fourth-order valence-electron chi connectivity index (χ4n) is 10.7. The smallest absolute Gasteiger partial charge is 0.197 e. The fourth-order valence-corrected chi connectivity index (χ4v) is 12.0. The van der Waals surface area contributed by atoms with Crippen LogP contribution in [0.2, 0.25) is 0 Å². The number of anilines is 5. The van der Waals surface area contributed by atoms with Crippen LogP contribution in [0, 0.1) is 0 Å². The van der Waals surface area contributed by atoms with Gasteiger partial charge in [0.15, 0.2) is 7.28 Å². The summed E-state index contributed by atoms with van der Waals surface area (Å²) in [7, 11) is 2.47. The number of rotatable bonds is 3. The monoisotopic (exact) mass is 767 g/mol. The Kier molecular flexibility index (Phi) is 6.90. The van der Waals surface area contributed by atoms with Gasteiger partial charge in [0.25, 0.3) is 0 Å². The van der Waals surface area contributed by atoms with Gasteiger partial charge in [-0.1, -0.05) is 126 Å². The second-order valence-electron chi connectivity index (χ2n) is 18.6. The molecule has 3 nitrogen and oxygen atoms in total. The summed E-state index contributed by atoms with van der Waals surface area (Å²) in [6.07, 6.45) is 2.36. The number of hydrogen-bond acceptors (Lipinski definition) is 4. The van der Waals surface area contributed by atoms with Crippen molar-refractivity contribution in [2.45, 2.75) is 70.6 Å². The van der Waals surface area contributed by atoms with Crippen LogP contribution in [0.4, 0.5) is 28.4 Å². The third-order valence-electron chi connectivity index (χ3n) is 13.9. The van der Waals surface area contributed by atoms with E-state index in [1.54, 1.807) is 0 Å². The number of nitrogens with zero attached hydrogens (tertiary/aromatic N) is 1. The van der Waals surface area contributed by atoms with Gasteiger partial charge >= 0.3 is 0 Å². The Bertz CT molecular complexity index is 3240. The van der Waals surface area contributed by atoms with E-state index in [-0.39, 0.29) is 16.2 Å². The summed E-state index contributed by atoms with van der Waals surface area (Å²) in [5.74, 6) is 0. The second kappa shape index (κ2) is 11.7. The van der Waals surface area contributed by atoms with E-state index in [2.05, 4.69) is 186 Å². The van der Waals surface area contributed by atoms with E-state index >= 15 is 0 Å². The van der Waals surface area contributed by atoms with Crippen LogP contribution in [0.1, 0.15) is 76.6 Å². The van der Waals surface area contributed by atoms with Crippen molar-refractivity contribution in [1.82, 2.24) is 0 Å². The van der Waals surface area contributed by atoms with E-state index in [0.29, 0.717) is 0 Å². The summed E-state index contributed by atoms with van der Waals surface area (Å²) < 4.78 is 9.22.